The van der Waals surface area contributed by atoms with Crippen molar-refractivity contribution in [3.63, 3.8) is 0 Å². The quantitative estimate of drug-likeness (QED) is 0.736. The van der Waals surface area contributed by atoms with Crippen molar-refractivity contribution in [1.82, 2.24) is 4.98 Å². The molecule has 0 aliphatic heterocycles. The molecule has 0 saturated carbocycles. The van der Waals surface area contributed by atoms with Crippen LogP contribution in [0.15, 0.2) is 10.9 Å². The summed E-state index contributed by atoms with van der Waals surface area (Å²) in [5.41, 5.74) is -1.95. The predicted molar refractivity (Wildman–Crippen MR) is 42.7 cm³/mol. The van der Waals surface area contributed by atoms with Crippen molar-refractivity contribution < 1.29 is 13.9 Å². The molecule has 0 atom stereocenters. The molecule has 0 radical (unpaired) electrons. The van der Waals surface area contributed by atoms with E-state index in [-0.39, 0.29) is 11.3 Å². The number of hydrogen-bond acceptors (Lipinski definition) is 3. The van der Waals surface area contributed by atoms with Gasteiger partial charge < -0.3 is 10.1 Å². The molecule has 1 rings (SSSR count). The Kier molecular flexibility index (Phi) is 2.94. The topological polar surface area (TPSA) is 76.9 Å². The van der Waals surface area contributed by atoms with Gasteiger partial charge in [-0.25, -0.2) is 8.78 Å². The Labute approximate surface area is 77.4 Å². The number of pyridine rings is 1. The summed E-state index contributed by atoms with van der Waals surface area (Å²) in [7, 11) is 0. The molecule has 2 N–H and O–H groups in total. The highest BCUT2D eigenvalue weighted by Crippen LogP contribution is 2.16. The number of aliphatic hydroxyl groups is 1. The number of aromatic amines is 1. The maximum absolute atomic E-state index is 12.2. The smallest absolute Gasteiger partial charge is 0.269 e. The number of nitriles is 1. The fourth-order valence-corrected chi connectivity index (χ4v) is 0.978. The van der Waals surface area contributed by atoms with Crippen molar-refractivity contribution in [3.05, 3.63) is 33.2 Å². The average molecular weight is 200 g/mol. The number of halogens is 2. The van der Waals surface area contributed by atoms with Crippen molar-refractivity contribution >= 4 is 0 Å². The third-order valence-electron chi connectivity index (χ3n) is 1.67. The van der Waals surface area contributed by atoms with Gasteiger partial charge in [-0.15, -0.1) is 0 Å². The normalized spacial score (nSPS) is 10.2. The Bertz CT molecular complexity index is 434. The van der Waals surface area contributed by atoms with Crippen molar-refractivity contribution in [2.24, 2.45) is 0 Å². The van der Waals surface area contributed by atoms with Gasteiger partial charge in [-0.1, -0.05) is 0 Å². The second kappa shape index (κ2) is 3.98. The molecule has 4 nitrogen and oxygen atoms in total. The van der Waals surface area contributed by atoms with E-state index in [0.29, 0.717) is 0 Å². The van der Waals surface area contributed by atoms with Crippen LogP contribution in [0.2, 0.25) is 0 Å². The summed E-state index contributed by atoms with van der Waals surface area (Å²) < 4.78 is 24.4. The first-order valence-corrected chi connectivity index (χ1v) is 3.65. The number of hydrogen-bond donors (Lipinski definition) is 2. The fourth-order valence-electron chi connectivity index (χ4n) is 0.978. The zero-order valence-electron chi connectivity index (χ0n) is 6.92. The Hall–Kier alpha value is -1.74. The van der Waals surface area contributed by atoms with Crippen LogP contribution in [0, 0.1) is 11.3 Å². The molecular formula is C8H6F2N2O2. The van der Waals surface area contributed by atoms with E-state index in [2.05, 4.69) is 0 Å². The lowest BCUT2D eigenvalue weighted by atomic mass is 10.1. The summed E-state index contributed by atoms with van der Waals surface area (Å²) in [6.07, 6.45) is -2.92. The number of nitrogens with zero attached hydrogens (tertiary/aromatic N) is 1. The van der Waals surface area contributed by atoms with E-state index in [9.17, 15) is 13.6 Å². The van der Waals surface area contributed by atoms with Crippen molar-refractivity contribution in [2.45, 2.75) is 13.0 Å². The van der Waals surface area contributed by atoms with Gasteiger partial charge in [0.25, 0.3) is 12.0 Å². The van der Waals surface area contributed by atoms with E-state index in [4.69, 9.17) is 10.4 Å². The lowest BCUT2D eigenvalue weighted by Gasteiger charge is -2.03. The Morgan fingerprint density at radius 1 is 1.64 bits per heavy atom. The van der Waals surface area contributed by atoms with Gasteiger partial charge in [0.1, 0.15) is 11.8 Å². The zero-order chi connectivity index (χ0) is 10.7. The van der Waals surface area contributed by atoms with Crippen LogP contribution in [0.5, 0.6) is 0 Å². The molecule has 14 heavy (non-hydrogen) atoms. The number of rotatable bonds is 2. The lowest BCUT2D eigenvalue weighted by Crippen LogP contribution is -2.16. The highest BCUT2D eigenvalue weighted by molar-refractivity contribution is 5.33. The molecular weight excluding hydrogens is 194 g/mol. The van der Waals surface area contributed by atoms with Crippen LogP contribution >= 0.6 is 0 Å². The summed E-state index contributed by atoms with van der Waals surface area (Å²) in [5, 5.41) is 17.2. The summed E-state index contributed by atoms with van der Waals surface area (Å²) >= 11 is 0. The molecule has 0 saturated heterocycles. The van der Waals surface area contributed by atoms with Gasteiger partial charge in [-0.05, 0) is 6.07 Å². The highest BCUT2D eigenvalue weighted by Gasteiger charge is 2.15. The third kappa shape index (κ3) is 1.78. The van der Waals surface area contributed by atoms with E-state index in [1.807, 2.05) is 4.98 Å². The van der Waals surface area contributed by atoms with Gasteiger partial charge in [-0.2, -0.15) is 5.26 Å². The second-order valence-electron chi connectivity index (χ2n) is 2.52. The largest absolute Gasteiger partial charge is 0.392 e. The first-order valence-electron chi connectivity index (χ1n) is 3.65. The summed E-state index contributed by atoms with van der Waals surface area (Å²) in [5.74, 6) is 0. The van der Waals surface area contributed by atoms with E-state index in [1.54, 1.807) is 6.07 Å². The maximum atomic E-state index is 12.2. The van der Waals surface area contributed by atoms with Crippen LogP contribution in [0.25, 0.3) is 0 Å². The maximum Gasteiger partial charge on any atom is 0.269 e. The van der Waals surface area contributed by atoms with Crippen LogP contribution in [-0.2, 0) is 6.61 Å². The molecule has 0 unspecified atom stereocenters. The van der Waals surface area contributed by atoms with Crippen molar-refractivity contribution in [1.29, 1.82) is 5.26 Å². The standard InChI is InChI=1S/C8H6F2N2O2/c9-7(10)5-1-4(3-13)6(2-11)12-8(5)14/h1,7,13H,3H2,(H,12,14). The predicted octanol–water partition coefficient (Wildman–Crippen LogP) is 0.676. The molecule has 0 bridgehead atoms. The van der Waals surface area contributed by atoms with E-state index >= 15 is 0 Å². The average Bonchev–Trinajstić information content (AvgIpc) is 2.16. The molecule has 1 heterocycles. The highest BCUT2D eigenvalue weighted by atomic mass is 19.3. The molecule has 0 spiro atoms. The minimum atomic E-state index is -2.92. The number of alkyl halides is 2. The summed E-state index contributed by atoms with van der Waals surface area (Å²) in [6, 6.07) is 2.43. The minimum absolute atomic E-state index is 0.0117. The van der Waals surface area contributed by atoms with Gasteiger partial charge in [0.15, 0.2) is 0 Å². The SMILES string of the molecule is N#Cc1[nH]c(=O)c(C(F)F)cc1CO. The molecule has 0 aromatic carbocycles. The third-order valence-corrected chi connectivity index (χ3v) is 1.67. The van der Waals surface area contributed by atoms with Gasteiger partial charge in [0.2, 0.25) is 0 Å². The number of aliphatic hydroxyl groups excluding tert-OH is 1. The molecule has 0 aliphatic rings. The van der Waals surface area contributed by atoms with Crippen LogP contribution in [-0.4, -0.2) is 10.1 Å². The van der Waals surface area contributed by atoms with E-state index < -0.39 is 24.2 Å². The summed E-state index contributed by atoms with van der Waals surface area (Å²) in [4.78, 5) is 12.9. The Morgan fingerprint density at radius 3 is 2.71 bits per heavy atom. The first-order chi connectivity index (χ1) is 6.60. The minimum Gasteiger partial charge on any atom is -0.392 e. The second-order valence-corrected chi connectivity index (χ2v) is 2.52. The van der Waals surface area contributed by atoms with Crippen LogP contribution in [0.3, 0.4) is 0 Å². The van der Waals surface area contributed by atoms with Crippen LogP contribution < -0.4 is 5.56 Å². The van der Waals surface area contributed by atoms with Crippen molar-refractivity contribution in [2.75, 3.05) is 0 Å². The van der Waals surface area contributed by atoms with Crippen LogP contribution in [0.4, 0.5) is 8.78 Å². The molecule has 0 aliphatic carbocycles. The Morgan fingerprint density at radius 2 is 2.29 bits per heavy atom. The van der Waals surface area contributed by atoms with Gasteiger partial charge in [-0.3, -0.25) is 4.79 Å². The molecule has 1 aromatic heterocycles. The molecule has 0 fully saturated rings. The van der Waals surface area contributed by atoms with Gasteiger partial charge >= 0.3 is 0 Å². The molecule has 1 aromatic rings. The van der Waals surface area contributed by atoms with Gasteiger partial charge in [0.05, 0.1) is 12.2 Å². The van der Waals surface area contributed by atoms with Gasteiger partial charge in [0, 0.05) is 5.56 Å². The monoisotopic (exact) mass is 200 g/mol. The van der Waals surface area contributed by atoms with Crippen LogP contribution in [0.1, 0.15) is 23.2 Å². The first kappa shape index (κ1) is 10.3. The van der Waals surface area contributed by atoms with E-state index in [0.717, 1.165) is 6.07 Å². The van der Waals surface area contributed by atoms with E-state index in [1.165, 1.54) is 0 Å². The lowest BCUT2D eigenvalue weighted by molar-refractivity contribution is 0.149. The number of H-pyrrole nitrogens is 1. The molecule has 6 heteroatoms. The summed E-state index contributed by atoms with van der Waals surface area (Å²) in [6.45, 7) is -0.570. The molecule has 74 valence electrons. The zero-order valence-corrected chi connectivity index (χ0v) is 6.92. The fraction of sp³-hybridized carbons (Fsp3) is 0.250. The molecule has 0 amide bonds. The number of nitrogens with one attached hydrogen (secondary N) is 1. The Balaban J connectivity index is 3.40. The van der Waals surface area contributed by atoms with Crippen molar-refractivity contribution in [3.8, 4) is 6.07 Å². The number of aromatic nitrogens is 1.